The van der Waals surface area contributed by atoms with Gasteiger partial charge < -0.3 is 19.5 Å². The van der Waals surface area contributed by atoms with Gasteiger partial charge in [0, 0.05) is 43.4 Å². The highest BCUT2D eigenvalue weighted by Gasteiger charge is 2.34. The van der Waals surface area contributed by atoms with Crippen LogP contribution in [0.3, 0.4) is 0 Å². The number of hydrogen-bond acceptors (Lipinski definition) is 5. The summed E-state index contributed by atoms with van der Waals surface area (Å²) in [6.45, 7) is 4.24. The number of fused-ring (bicyclic) bond motifs is 2. The molecule has 6 heteroatoms. The van der Waals surface area contributed by atoms with Crippen molar-refractivity contribution in [3.63, 3.8) is 0 Å². The molecule has 3 heterocycles. The van der Waals surface area contributed by atoms with Gasteiger partial charge in [-0.1, -0.05) is 24.3 Å². The molecule has 0 bridgehead atoms. The van der Waals surface area contributed by atoms with Crippen molar-refractivity contribution < 1.29 is 19.0 Å². The number of halogens is 1. The van der Waals surface area contributed by atoms with E-state index < -0.39 is 5.60 Å². The third kappa shape index (κ3) is 4.81. The Balaban J connectivity index is 1.28. The molecule has 1 saturated heterocycles. The first-order valence-electron chi connectivity index (χ1n) is 12.2. The van der Waals surface area contributed by atoms with Crippen molar-refractivity contribution in [1.82, 2.24) is 9.88 Å². The van der Waals surface area contributed by atoms with Crippen LogP contribution in [0.5, 0.6) is 17.4 Å². The van der Waals surface area contributed by atoms with Gasteiger partial charge in [0.25, 0.3) is 0 Å². The van der Waals surface area contributed by atoms with Crippen molar-refractivity contribution in [2.24, 2.45) is 0 Å². The van der Waals surface area contributed by atoms with Crippen LogP contribution in [0.2, 0.25) is 0 Å². The van der Waals surface area contributed by atoms with Crippen LogP contribution in [0.25, 0.3) is 5.57 Å². The predicted octanol–water partition coefficient (Wildman–Crippen LogP) is 5.64. The van der Waals surface area contributed by atoms with Crippen LogP contribution >= 0.6 is 0 Å². The third-order valence-electron chi connectivity index (χ3n) is 7.22. The van der Waals surface area contributed by atoms with Crippen LogP contribution in [-0.4, -0.2) is 41.7 Å². The van der Waals surface area contributed by atoms with Gasteiger partial charge in [-0.2, -0.15) is 0 Å². The summed E-state index contributed by atoms with van der Waals surface area (Å²) in [7, 11) is 1.68. The lowest BCUT2D eigenvalue weighted by Crippen LogP contribution is -2.42. The fourth-order valence-corrected chi connectivity index (χ4v) is 5.09. The molecule has 0 radical (unpaired) electrons. The molecule has 0 aliphatic carbocycles. The average molecular weight is 475 g/mol. The monoisotopic (exact) mass is 474 g/mol. The molecule has 0 amide bonds. The smallest absolute Gasteiger partial charge is 0.226 e. The number of piperidine rings is 1. The summed E-state index contributed by atoms with van der Waals surface area (Å²) in [6, 6.07) is 14.8. The number of hydrogen-bond donors (Lipinski definition) is 1. The zero-order chi connectivity index (χ0) is 24.4. The molecule has 2 aromatic carbocycles. The van der Waals surface area contributed by atoms with E-state index in [0.29, 0.717) is 30.7 Å². The fourth-order valence-electron chi connectivity index (χ4n) is 5.09. The first-order chi connectivity index (χ1) is 17.0. The second kappa shape index (κ2) is 9.80. The Hall–Kier alpha value is -3.22. The molecule has 1 N–H and O–H groups in total. The number of nitrogens with zero attached hydrogens (tertiary/aromatic N) is 2. The number of likely N-dealkylation sites (tertiary alicyclic amines) is 1. The number of rotatable bonds is 5. The molecule has 2 aliphatic heterocycles. The van der Waals surface area contributed by atoms with E-state index in [1.165, 1.54) is 11.6 Å². The number of allylic oxidation sites excluding steroid dienone is 1. The lowest BCUT2D eigenvalue weighted by atomic mass is 9.83. The highest BCUT2D eigenvalue weighted by molar-refractivity contribution is 5.74. The van der Waals surface area contributed by atoms with Crippen LogP contribution < -0.4 is 9.47 Å². The normalized spacial score (nSPS) is 18.3. The molecular formula is C29H31FN2O3. The maximum atomic E-state index is 13.7. The molecule has 182 valence electrons. The van der Waals surface area contributed by atoms with E-state index in [-0.39, 0.29) is 5.82 Å². The molecule has 35 heavy (non-hydrogen) atoms. The molecule has 5 rings (SSSR count). The van der Waals surface area contributed by atoms with E-state index in [1.54, 1.807) is 32.4 Å². The Kier molecular flexibility index (Phi) is 6.58. The average Bonchev–Trinajstić information content (AvgIpc) is 3.03. The lowest BCUT2D eigenvalue weighted by molar-refractivity contribution is -0.0255. The Morgan fingerprint density at radius 2 is 2.00 bits per heavy atom. The van der Waals surface area contributed by atoms with E-state index in [2.05, 4.69) is 22.0 Å². The van der Waals surface area contributed by atoms with Crippen LogP contribution in [0, 0.1) is 12.7 Å². The number of ether oxygens (including phenoxy) is 2. The molecule has 2 aliphatic rings. The van der Waals surface area contributed by atoms with Gasteiger partial charge in [-0.25, -0.2) is 9.37 Å². The van der Waals surface area contributed by atoms with E-state index in [0.717, 1.165) is 54.2 Å². The van der Waals surface area contributed by atoms with Crippen molar-refractivity contribution in [2.45, 2.75) is 38.2 Å². The molecular weight excluding hydrogens is 443 g/mol. The first-order valence-corrected chi connectivity index (χ1v) is 12.2. The van der Waals surface area contributed by atoms with Gasteiger partial charge in [0.05, 0.1) is 12.7 Å². The van der Waals surface area contributed by atoms with Gasteiger partial charge in [-0.15, -0.1) is 0 Å². The summed E-state index contributed by atoms with van der Waals surface area (Å²) >= 11 is 0. The van der Waals surface area contributed by atoms with E-state index in [1.807, 2.05) is 24.3 Å². The molecule has 0 spiro atoms. The van der Waals surface area contributed by atoms with E-state index >= 15 is 0 Å². The number of aromatic nitrogens is 1. The number of methoxy groups -OCH3 is 1. The van der Waals surface area contributed by atoms with Gasteiger partial charge in [0.15, 0.2) is 0 Å². The summed E-state index contributed by atoms with van der Waals surface area (Å²) in [5.41, 5.74) is 3.70. The van der Waals surface area contributed by atoms with Gasteiger partial charge in [-0.3, -0.25) is 0 Å². The first kappa shape index (κ1) is 23.5. The number of benzene rings is 2. The number of aliphatic hydroxyl groups is 1. The van der Waals surface area contributed by atoms with Gasteiger partial charge in [-0.05, 0) is 73.2 Å². The quantitative estimate of drug-likeness (QED) is 0.518. The summed E-state index contributed by atoms with van der Waals surface area (Å²) < 4.78 is 25.4. The lowest BCUT2D eigenvalue weighted by Gasteiger charge is -2.38. The molecule has 5 nitrogen and oxygen atoms in total. The molecule has 0 unspecified atom stereocenters. The van der Waals surface area contributed by atoms with Gasteiger partial charge in [0.1, 0.15) is 17.3 Å². The second-order valence-electron chi connectivity index (χ2n) is 9.43. The Labute approximate surface area is 205 Å². The second-order valence-corrected chi connectivity index (χ2v) is 9.43. The number of pyridine rings is 1. The van der Waals surface area contributed by atoms with E-state index in [9.17, 15) is 9.50 Å². The largest absolute Gasteiger partial charge is 0.496 e. The van der Waals surface area contributed by atoms with Crippen molar-refractivity contribution in [1.29, 1.82) is 0 Å². The molecule has 1 fully saturated rings. The Morgan fingerprint density at radius 3 is 2.77 bits per heavy atom. The zero-order valence-corrected chi connectivity index (χ0v) is 20.3. The third-order valence-corrected chi connectivity index (χ3v) is 7.22. The van der Waals surface area contributed by atoms with Crippen LogP contribution in [0.4, 0.5) is 4.39 Å². The highest BCUT2D eigenvalue weighted by atomic mass is 19.1. The summed E-state index contributed by atoms with van der Waals surface area (Å²) in [5.74, 6) is 1.97. The molecule has 1 aromatic heterocycles. The van der Waals surface area contributed by atoms with Crippen molar-refractivity contribution in [2.75, 3.05) is 26.7 Å². The topological polar surface area (TPSA) is 54.8 Å². The Morgan fingerprint density at radius 1 is 1.17 bits per heavy atom. The summed E-state index contributed by atoms with van der Waals surface area (Å²) in [4.78, 5) is 6.86. The summed E-state index contributed by atoms with van der Waals surface area (Å²) in [6.07, 6.45) is 6.89. The summed E-state index contributed by atoms with van der Waals surface area (Å²) in [5, 5.41) is 11.2. The van der Waals surface area contributed by atoms with Crippen molar-refractivity contribution in [3.05, 3.63) is 88.9 Å². The minimum atomic E-state index is -0.892. The maximum Gasteiger partial charge on any atom is 0.226 e. The minimum Gasteiger partial charge on any atom is -0.496 e. The standard InChI is InChI=1S/C29H31FN2O3/c1-20-18-22(10-11-25(20)30)29(33)12-16-32(17-13-29)15-5-6-21-19-24-26(34-2)8-3-9-27(24)35-28-23(21)7-4-14-31-28/h3-4,6-11,14,18,33H,5,12-13,15-17,19H2,1-2H3/b21-6-. The van der Waals surface area contributed by atoms with Crippen LogP contribution in [0.15, 0.2) is 60.8 Å². The molecule has 0 saturated carbocycles. The van der Waals surface area contributed by atoms with Crippen LogP contribution in [0.1, 0.15) is 41.5 Å². The highest BCUT2D eigenvalue weighted by Crippen LogP contribution is 2.41. The zero-order valence-electron chi connectivity index (χ0n) is 20.3. The fraction of sp³-hybridized carbons (Fsp3) is 0.345. The molecule has 0 atom stereocenters. The van der Waals surface area contributed by atoms with Crippen molar-refractivity contribution in [3.8, 4) is 17.4 Å². The minimum absolute atomic E-state index is 0.233. The van der Waals surface area contributed by atoms with Crippen LogP contribution in [-0.2, 0) is 12.0 Å². The van der Waals surface area contributed by atoms with E-state index in [4.69, 9.17) is 9.47 Å². The van der Waals surface area contributed by atoms with Gasteiger partial charge in [0.2, 0.25) is 5.88 Å². The Bertz CT molecular complexity index is 1250. The van der Waals surface area contributed by atoms with Gasteiger partial charge >= 0.3 is 0 Å². The predicted molar refractivity (Wildman–Crippen MR) is 134 cm³/mol. The SMILES string of the molecule is COc1cccc2c1C/C(=C/CCN1CCC(O)(c3ccc(F)c(C)c3)CC1)c1cccnc1O2. The van der Waals surface area contributed by atoms with Crippen molar-refractivity contribution >= 4 is 5.57 Å². The maximum absolute atomic E-state index is 13.7. The number of aryl methyl sites for hydroxylation is 1. The molecule has 3 aromatic rings.